The summed E-state index contributed by atoms with van der Waals surface area (Å²) in [5, 5.41) is 11.5. The number of pyridine rings is 2. The number of likely N-dealkylation sites (tertiary alicyclic amines) is 1. The predicted octanol–water partition coefficient (Wildman–Crippen LogP) is 2.79. The van der Waals surface area contributed by atoms with E-state index in [0.29, 0.717) is 29.3 Å². The molecule has 4 rings (SSSR count). The van der Waals surface area contributed by atoms with Gasteiger partial charge in [-0.1, -0.05) is 6.08 Å². The number of rotatable bonds is 7. The highest BCUT2D eigenvalue weighted by molar-refractivity contribution is 6.00. The fourth-order valence-electron chi connectivity index (χ4n) is 3.79. The summed E-state index contributed by atoms with van der Waals surface area (Å²) in [5.41, 5.74) is 2.06. The number of alkyl halides is 2. The number of nitriles is 1. The summed E-state index contributed by atoms with van der Waals surface area (Å²) in [6.07, 6.45) is 9.24. The minimum atomic E-state index is -3.12. The van der Waals surface area contributed by atoms with Crippen LogP contribution in [0.25, 0.3) is 17.8 Å². The number of halogens is 2. The normalized spacial score (nSPS) is 17.0. The molecule has 9 nitrogen and oxygen atoms in total. The molecule has 0 bridgehead atoms. The maximum atomic E-state index is 13.6. The Morgan fingerprint density at radius 1 is 1.37 bits per heavy atom. The Kier molecular flexibility index (Phi) is 6.73. The second-order valence-corrected chi connectivity index (χ2v) is 7.93. The molecule has 3 aromatic heterocycles. The van der Waals surface area contributed by atoms with Gasteiger partial charge in [0.15, 0.2) is 0 Å². The quantitative estimate of drug-likeness (QED) is 0.557. The van der Waals surface area contributed by atoms with Crippen molar-refractivity contribution in [2.24, 2.45) is 0 Å². The maximum absolute atomic E-state index is 13.6. The van der Waals surface area contributed by atoms with Crippen molar-refractivity contribution in [3.8, 4) is 11.8 Å². The Morgan fingerprint density at radius 2 is 2.20 bits per heavy atom. The number of nitrogens with zero attached hydrogens (tertiary/aromatic N) is 5. The van der Waals surface area contributed by atoms with Crippen LogP contribution in [0.4, 0.5) is 8.78 Å². The fourth-order valence-corrected chi connectivity index (χ4v) is 3.79. The van der Waals surface area contributed by atoms with Crippen LogP contribution in [-0.4, -0.2) is 62.7 Å². The zero-order valence-corrected chi connectivity index (χ0v) is 18.8. The van der Waals surface area contributed by atoms with Crippen molar-refractivity contribution in [1.82, 2.24) is 24.6 Å². The van der Waals surface area contributed by atoms with Gasteiger partial charge in [0.2, 0.25) is 5.91 Å². The van der Waals surface area contributed by atoms with Crippen LogP contribution in [0.15, 0.2) is 43.0 Å². The van der Waals surface area contributed by atoms with Crippen LogP contribution >= 0.6 is 0 Å². The van der Waals surface area contributed by atoms with Crippen LogP contribution in [0.5, 0.6) is 5.75 Å². The van der Waals surface area contributed by atoms with E-state index in [0.717, 1.165) is 4.90 Å². The number of hydrogen-bond donors (Lipinski definition) is 1. The molecular weight excluding hydrogens is 458 g/mol. The van der Waals surface area contributed by atoms with Crippen molar-refractivity contribution in [1.29, 1.82) is 5.26 Å². The van der Waals surface area contributed by atoms with Crippen molar-refractivity contribution >= 4 is 29.6 Å². The summed E-state index contributed by atoms with van der Waals surface area (Å²) in [7, 11) is 0. The van der Waals surface area contributed by atoms with Crippen LogP contribution in [0.1, 0.15) is 35.0 Å². The number of nitrogens with one attached hydrogen (secondary N) is 1. The molecule has 1 aliphatic heterocycles. The van der Waals surface area contributed by atoms with E-state index in [9.17, 15) is 18.4 Å². The number of carbonyl (C=O) groups excluding carboxylic acids is 2. The zero-order chi connectivity index (χ0) is 25.0. The molecule has 1 aliphatic rings. The van der Waals surface area contributed by atoms with Gasteiger partial charge >= 0.3 is 0 Å². The SMILES string of the molecule is CCOc1ccn2cc(/C=C/c3cnccc3C(=O)NCC(=O)N3CC(F)(F)C[C@H]3C#N)nc2c1. The summed E-state index contributed by atoms with van der Waals surface area (Å²) in [4.78, 5) is 34.4. The summed E-state index contributed by atoms with van der Waals surface area (Å²) in [5.74, 6) is -3.73. The highest BCUT2D eigenvalue weighted by Gasteiger charge is 2.47. The fraction of sp³-hybridized carbons (Fsp3) is 0.292. The van der Waals surface area contributed by atoms with Crippen molar-refractivity contribution < 1.29 is 23.1 Å². The van der Waals surface area contributed by atoms with E-state index < -0.39 is 43.3 Å². The molecule has 1 N–H and O–H groups in total. The minimum Gasteiger partial charge on any atom is -0.494 e. The monoisotopic (exact) mass is 480 g/mol. The molecule has 0 unspecified atom stereocenters. The number of hydrogen-bond acceptors (Lipinski definition) is 6. The third kappa shape index (κ3) is 5.43. The molecular formula is C24H22F2N6O3. The Balaban J connectivity index is 1.45. The Bertz CT molecular complexity index is 1330. The van der Waals surface area contributed by atoms with Crippen molar-refractivity contribution in [3.63, 3.8) is 0 Å². The lowest BCUT2D eigenvalue weighted by molar-refractivity contribution is -0.131. The lowest BCUT2D eigenvalue weighted by atomic mass is 10.1. The molecule has 11 heteroatoms. The second kappa shape index (κ2) is 9.89. The lowest BCUT2D eigenvalue weighted by Gasteiger charge is -2.19. The van der Waals surface area contributed by atoms with Gasteiger partial charge in [-0.2, -0.15) is 5.26 Å². The number of amides is 2. The molecule has 0 radical (unpaired) electrons. The van der Waals surface area contributed by atoms with Crippen molar-refractivity contribution in [3.05, 3.63) is 59.8 Å². The first-order valence-electron chi connectivity index (χ1n) is 10.9. The zero-order valence-electron chi connectivity index (χ0n) is 18.8. The van der Waals surface area contributed by atoms with E-state index in [1.54, 1.807) is 18.2 Å². The van der Waals surface area contributed by atoms with Crippen LogP contribution in [0, 0.1) is 11.3 Å². The maximum Gasteiger partial charge on any atom is 0.268 e. The van der Waals surface area contributed by atoms with Gasteiger partial charge in [0, 0.05) is 48.4 Å². The van der Waals surface area contributed by atoms with Gasteiger partial charge in [0.25, 0.3) is 11.8 Å². The average molecular weight is 480 g/mol. The number of imidazole rings is 1. The first-order chi connectivity index (χ1) is 16.8. The van der Waals surface area contributed by atoms with Gasteiger partial charge in [-0.15, -0.1) is 0 Å². The van der Waals surface area contributed by atoms with E-state index in [1.807, 2.05) is 35.9 Å². The third-order valence-electron chi connectivity index (χ3n) is 5.43. The third-order valence-corrected chi connectivity index (χ3v) is 5.43. The smallest absolute Gasteiger partial charge is 0.268 e. The van der Waals surface area contributed by atoms with Crippen LogP contribution in [0.2, 0.25) is 0 Å². The van der Waals surface area contributed by atoms with Crippen molar-refractivity contribution in [2.75, 3.05) is 19.7 Å². The molecule has 0 saturated carbocycles. The van der Waals surface area contributed by atoms with E-state index in [4.69, 9.17) is 10.00 Å². The highest BCUT2D eigenvalue weighted by Crippen LogP contribution is 2.31. The topological polar surface area (TPSA) is 113 Å². The summed E-state index contributed by atoms with van der Waals surface area (Å²) < 4.78 is 34.5. The van der Waals surface area contributed by atoms with E-state index in [1.165, 1.54) is 18.5 Å². The molecule has 1 fully saturated rings. The average Bonchev–Trinajstić information content (AvgIpc) is 3.40. The largest absolute Gasteiger partial charge is 0.494 e. The molecule has 0 aliphatic carbocycles. The molecule has 4 heterocycles. The number of fused-ring (bicyclic) bond motifs is 1. The van der Waals surface area contributed by atoms with Gasteiger partial charge in [-0.3, -0.25) is 14.6 Å². The first kappa shape index (κ1) is 23.8. The van der Waals surface area contributed by atoms with Gasteiger partial charge in [-0.05, 0) is 25.1 Å². The van der Waals surface area contributed by atoms with Gasteiger partial charge in [0.1, 0.15) is 17.4 Å². The Hall–Kier alpha value is -4.33. The van der Waals surface area contributed by atoms with E-state index >= 15 is 0 Å². The summed E-state index contributed by atoms with van der Waals surface area (Å²) >= 11 is 0. The molecule has 0 spiro atoms. The second-order valence-electron chi connectivity index (χ2n) is 7.93. The van der Waals surface area contributed by atoms with Gasteiger partial charge < -0.3 is 19.4 Å². The number of ether oxygens (including phenoxy) is 1. The highest BCUT2D eigenvalue weighted by atomic mass is 19.3. The molecule has 1 saturated heterocycles. The minimum absolute atomic E-state index is 0.245. The Morgan fingerprint density at radius 3 is 2.97 bits per heavy atom. The van der Waals surface area contributed by atoms with E-state index in [2.05, 4.69) is 15.3 Å². The van der Waals surface area contributed by atoms with Gasteiger partial charge in [-0.25, -0.2) is 13.8 Å². The number of carbonyl (C=O) groups is 2. The molecule has 180 valence electrons. The summed E-state index contributed by atoms with van der Waals surface area (Å²) in [6.45, 7) is 1.10. The molecule has 0 aromatic carbocycles. The predicted molar refractivity (Wildman–Crippen MR) is 123 cm³/mol. The summed E-state index contributed by atoms with van der Waals surface area (Å²) in [6, 6.07) is 5.62. The van der Waals surface area contributed by atoms with Gasteiger partial charge in [0.05, 0.1) is 31.5 Å². The standard InChI is InChI=1S/C24H22F2N6O3/c1-2-35-19-6-8-31-14-17(30-21(31)9-19)4-3-16-12-28-7-5-20(16)23(34)29-13-22(33)32-15-24(25,26)10-18(32)11-27/h3-9,12,14,18H,2,10,13,15H2,1H3,(H,29,34)/b4-3+/t18-/m0/s1. The first-order valence-corrected chi connectivity index (χ1v) is 10.9. The van der Waals surface area contributed by atoms with E-state index in [-0.39, 0.29) is 5.56 Å². The van der Waals surface area contributed by atoms with Crippen LogP contribution in [-0.2, 0) is 4.79 Å². The van der Waals surface area contributed by atoms with Crippen LogP contribution in [0.3, 0.4) is 0 Å². The molecule has 1 atom stereocenters. The van der Waals surface area contributed by atoms with Crippen molar-refractivity contribution in [2.45, 2.75) is 25.3 Å². The lowest BCUT2D eigenvalue weighted by Crippen LogP contribution is -2.43. The molecule has 2 amide bonds. The molecule has 35 heavy (non-hydrogen) atoms. The molecule has 3 aromatic rings. The van der Waals surface area contributed by atoms with Crippen LogP contribution < -0.4 is 10.1 Å². The Labute approximate surface area is 199 Å². The number of aromatic nitrogens is 3.